The van der Waals surface area contributed by atoms with E-state index >= 15 is 0 Å². The summed E-state index contributed by atoms with van der Waals surface area (Å²) in [6.07, 6.45) is 8.25. The Morgan fingerprint density at radius 3 is 1.30 bits per heavy atom. The number of phenols is 2. The summed E-state index contributed by atoms with van der Waals surface area (Å²) < 4.78 is 0. The third-order valence-electron chi connectivity index (χ3n) is 7.79. The van der Waals surface area contributed by atoms with Crippen LogP contribution in [0.4, 0.5) is 0 Å². The van der Waals surface area contributed by atoms with Crippen molar-refractivity contribution < 1.29 is 29.4 Å². The monoisotopic (exact) mass is 610 g/mol. The minimum Gasteiger partial charge on any atom is -0.507 e. The number of aromatic hydroxyl groups is 2. The second-order valence-corrected chi connectivity index (χ2v) is 11.3. The lowest BCUT2D eigenvalue weighted by atomic mass is 9.89. The molecule has 0 aliphatic carbocycles. The van der Waals surface area contributed by atoms with Crippen molar-refractivity contribution in [2.24, 2.45) is 11.8 Å². The van der Waals surface area contributed by atoms with Crippen molar-refractivity contribution in [2.45, 2.75) is 105 Å². The molecule has 4 amide bonds. The number of rotatable bonds is 17. The Labute approximate surface area is 261 Å². The zero-order valence-corrected chi connectivity index (χ0v) is 26.6. The maximum Gasteiger partial charge on any atom is 0.273 e. The van der Waals surface area contributed by atoms with Crippen LogP contribution in [0, 0.1) is 11.8 Å². The molecule has 0 radical (unpaired) electrons. The molecular formula is C34H50N4O6. The van der Waals surface area contributed by atoms with Crippen molar-refractivity contribution in [2.75, 3.05) is 0 Å². The molecule has 44 heavy (non-hydrogen) atoms. The number of unbranched alkanes of at least 4 members (excludes halogenated alkanes) is 2. The predicted molar refractivity (Wildman–Crippen MR) is 171 cm³/mol. The van der Waals surface area contributed by atoms with E-state index in [4.69, 9.17) is 0 Å². The van der Waals surface area contributed by atoms with Gasteiger partial charge in [-0.3, -0.25) is 40.9 Å². The summed E-state index contributed by atoms with van der Waals surface area (Å²) in [4.78, 5) is 52.0. The van der Waals surface area contributed by atoms with Gasteiger partial charge >= 0.3 is 0 Å². The summed E-state index contributed by atoms with van der Waals surface area (Å²) in [6.45, 7) is 8.00. The molecule has 6 N–H and O–H groups in total. The highest BCUT2D eigenvalue weighted by molar-refractivity contribution is 6.00. The fourth-order valence-corrected chi connectivity index (χ4v) is 5.33. The Hall–Kier alpha value is -4.08. The number of carbonyl (C=O) groups excluding carboxylic acids is 4. The van der Waals surface area contributed by atoms with E-state index in [0.717, 1.165) is 38.5 Å². The van der Waals surface area contributed by atoms with Gasteiger partial charge in [0.25, 0.3) is 11.8 Å². The Bertz CT molecular complexity index is 1150. The SMILES string of the molecule is CCCCc1cccc(O)c1C(=O)NNC(=O)C(CCC)CCC(CCC)C(=O)NNC(=O)c1c(O)cccc1CCCC. The van der Waals surface area contributed by atoms with Gasteiger partial charge in [-0.15, -0.1) is 0 Å². The second-order valence-electron chi connectivity index (χ2n) is 11.3. The molecule has 2 atom stereocenters. The largest absolute Gasteiger partial charge is 0.507 e. The molecule has 2 aromatic carbocycles. The minimum atomic E-state index is -0.584. The van der Waals surface area contributed by atoms with Crippen LogP contribution >= 0.6 is 0 Å². The van der Waals surface area contributed by atoms with Gasteiger partial charge in [0.2, 0.25) is 11.8 Å². The van der Waals surface area contributed by atoms with Crippen LogP contribution in [0.5, 0.6) is 11.5 Å². The highest BCUT2D eigenvalue weighted by Gasteiger charge is 2.25. The quantitative estimate of drug-likeness (QED) is 0.128. The van der Waals surface area contributed by atoms with Crippen molar-refractivity contribution in [1.82, 2.24) is 21.7 Å². The third-order valence-corrected chi connectivity index (χ3v) is 7.79. The molecule has 10 nitrogen and oxygen atoms in total. The van der Waals surface area contributed by atoms with E-state index in [1.807, 2.05) is 27.7 Å². The van der Waals surface area contributed by atoms with Gasteiger partial charge in [0.1, 0.15) is 11.5 Å². The zero-order valence-electron chi connectivity index (χ0n) is 26.6. The van der Waals surface area contributed by atoms with Gasteiger partial charge < -0.3 is 10.2 Å². The fraction of sp³-hybridized carbons (Fsp3) is 0.529. The highest BCUT2D eigenvalue weighted by Crippen LogP contribution is 2.25. The number of benzene rings is 2. The summed E-state index contributed by atoms with van der Waals surface area (Å²) in [5.74, 6) is -3.09. The molecule has 2 aromatic rings. The molecule has 0 heterocycles. The fourth-order valence-electron chi connectivity index (χ4n) is 5.33. The first-order valence-corrected chi connectivity index (χ1v) is 16.0. The normalized spacial score (nSPS) is 12.2. The number of amides is 4. The van der Waals surface area contributed by atoms with Gasteiger partial charge in [0.15, 0.2) is 0 Å². The molecule has 0 saturated carbocycles. The molecule has 0 spiro atoms. The molecule has 0 saturated heterocycles. The predicted octanol–water partition coefficient (Wildman–Crippen LogP) is 5.62. The average Bonchev–Trinajstić information content (AvgIpc) is 3.01. The topological polar surface area (TPSA) is 157 Å². The van der Waals surface area contributed by atoms with E-state index in [-0.39, 0.29) is 34.4 Å². The molecule has 10 heteroatoms. The molecular weight excluding hydrogens is 560 g/mol. The first-order chi connectivity index (χ1) is 21.2. The molecule has 2 rings (SSSR count). The highest BCUT2D eigenvalue weighted by atomic mass is 16.3. The first kappa shape index (κ1) is 36.1. The van der Waals surface area contributed by atoms with Crippen molar-refractivity contribution in [3.8, 4) is 11.5 Å². The summed E-state index contributed by atoms with van der Waals surface area (Å²) in [6, 6.07) is 9.86. The van der Waals surface area contributed by atoms with Gasteiger partial charge in [0, 0.05) is 11.8 Å². The molecule has 2 unspecified atom stereocenters. The average molecular weight is 611 g/mol. The van der Waals surface area contributed by atoms with Crippen molar-refractivity contribution in [3.63, 3.8) is 0 Å². The molecule has 0 aliphatic heterocycles. The van der Waals surface area contributed by atoms with Crippen LogP contribution < -0.4 is 21.7 Å². The Balaban J connectivity index is 2.01. The smallest absolute Gasteiger partial charge is 0.273 e. The van der Waals surface area contributed by atoms with E-state index < -0.39 is 23.7 Å². The number of hydrogen-bond acceptors (Lipinski definition) is 6. The van der Waals surface area contributed by atoms with Gasteiger partial charge in [-0.1, -0.05) is 77.6 Å². The summed E-state index contributed by atoms with van der Waals surface area (Å²) >= 11 is 0. The lowest BCUT2D eigenvalue weighted by Gasteiger charge is -2.21. The number of hydrogen-bond donors (Lipinski definition) is 6. The van der Waals surface area contributed by atoms with E-state index in [2.05, 4.69) is 21.7 Å². The van der Waals surface area contributed by atoms with Gasteiger partial charge in [-0.25, -0.2) is 0 Å². The maximum absolute atomic E-state index is 13.1. The van der Waals surface area contributed by atoms with Crippen LogP contribution in [0.2, 0.25) is 0 Å². The van der Waals surface area contributed by atoms with Crippen LogP contribution in [-0.2, 0) is 22.4 Å². The minimum absolute atomic E-state index is 0.143. The van der Waals surface area contributed by atoms with E-state index in [9.17, 15) is 29.4 Å². The first-order valence-electron chi connectivity index (χ1n) is 16.0. The van der Waals surface area contributed by atoms with Crippen molar-refractivity contribution in [1.29, 1.82) is 0 Å². The van der Waals surface area contributed by atoms with E-state index in [1.165, 1.54) is 12.1 Å². The lowest BCUT2D eigenvalue weighted by molar-refractivity contribution is -0.128. The summed E-state index contributed by atoms with van der Waals surface area (Å²) in [5.41, 5.74) is 11.7. The van der Waals surface area contributed by atoms with Crippen molar-refractivity contribution in [3.05, 3.63) is 58.7 Å². The number of phenolic OH excluding ortho intramolecular Hbond substituents is 2. The van der Waals surface area contributed by atoms with E-state index in [0.29, 0.717) is 49.7 Å². The van der Waals surface area contributed by atoms with Gasteiger partial charge in [0.05, 0.1) is 11.1 Å². The number of nitrogens with one attached hydrogen (secondary N) is 4. The number of hydrazine groups is 2. The Morgan fingerprint density at radius 2 is 0.955 bits per heavy atom. The number of carbonyl (C=O) groups is 4. The molecule has 242 valence electrons. The van der Waals surface area contributed by atoms with Gasteiger partial charge in [-0.05, 0) is 74.6 Å². The van der Waals surface area contributed by atoms with Gasteiger partial charge in [-0.2, -0.15) is 0 Å². The van der Waals surface area contributed by atoms with Crippen LogP contribution in [0.1, 0.15) is 124 Å². The Morgan fingerprint density at radius 1 is 0.568 bits per heavy atom. The van der Waals surface area contributed by atoms with Crippen LogP contribution in [0.15, 0.2) is 36.4 Å². The van der Waals surface area contributed by atoms with Crippen molar-refractivity contribution >= 4 is 23.6 Å². The van der Waals surface area contributed by atoms with Crippen LogP contribution in [0.3, 0.4) is 0 Å². The van der Waals surface area contributed by atoms with Crippen LogP contribution in [-0.4, -0.2) is 33.8 Å². The van der Waals surface area contributed by atoms with Crippen LogP contribution in [0.25, 0.3) is 0 Å². The summed E-state index contributed by atoms with van der Waals surface area (Å²) in [5, 5.41) is 20.6. The summed E-state index contributed by atoms with van der Waals surface area (Å²) in [7, 11) is 0. The lowest BCUT2D eigenvalue weighted by Crippen LogP contribution is -2.46. The van der Waals surface area contributed by atoms with E-state index in [1.54, 1.807) is 24.3 Å². The maximum atomic E-state index is 13.1. The zero-order chi connectivity index (χ0) is 32.5. The molecule has 0 fully saturated rings. The molecule has 0 bridgehead atoms. The molecule has 0 aromatic heterocycles. The third kappa shape index (κ3) is 10.9. The standard InChI is InChI=1S/C34H50N4O6/c1-5-9-15-23-17-11-19-27(39)29(23)33(43)37-35-31(41)25(13-7-3)21-22-26(14-8-4)32(42)36-38-34(44)30-24(16-10-6-2)18-12-20-28(30)40/h11-12,17-20,25-26,39-40H,5-10,13-16,21-22H2,1-4H3,(H,35,41)(H,36,42)(H,37,43)(H,38,44). The number of aryl methyl sites for hydroxylation is 2. The second kappa shape index (κ2) is 19.2. The Kier molecular flexibility index (Phi) is 15.8. The molecule has 0 aliphatic rings.